The van der Waals surface area contributed by atoms with E-state index in [1.165, 1.54) is 10.6 Å². The smallest absolute Gasteiger partial charge is 0.263 e. The minimum atomic E-state index is -0.265. The quantitative estimate of drug-likeness (QED) is 0.701. The number of aromatic nitrogens is 4. The molecule has 160 valence electrons. The van der Waals surface area contributed by atoms with Gasteiger partial charge in [0, 0.05) is 44.0 Å². The Morgan fingerprint density at radius 3 is 2.52 bits per heavy atom. The number of rotatable bonds is 3. The number of aryl methyl sites for hydroxylation is 2. The van der Waals surface area contributed by atoms with E-state index in [1.54, 1.807) is 25.1 Å². The highest BCUT2D eigenvalue weighted by Gasteiger charge is 2.28. The van der Waals surface area contributed by atoms with Gasteiger partial charge in [0.2, 0.25) is 0 Å². The summed E-state index contributed by atoms with van der Waals surface area (Å²) in [6.07, 6.45) is 2.98. The van der Waals surface area contributed by atoms with Crippen molar-refractivity contribution < 1.29 is 4.79 Å². The molecule has 4 rings (SSSR count). The number of carbonyl (C=O) groups is 1. The second-order valence-electron chi connectivity index (χ2n) is 8.01. The van der Waals surface area contributed by atoms with Gasteiger partial charge in [-0.1, -0.05) is 6.07 Å². The van der Waals surface area contributed by atoms with E-state index in [0.717, 1.165) is 5.69 Å². The zero-order valence-corrected chi connectivity index (χ0v) is 17.9. The van der Waals surface area contributed by atoms with Crippen molar-refractivity contribution in [3.8, 4) is 11.4 Å². The number of carbonyl (C=O) groups excluding carboxylic acids is 1. The summed E-state index contributed by atoms with van der Waals surface area (Å²) in [7, 11) is 1.68. The molecule has 0 radical (unpaired) electrons. The van der Waals surface area contributed by atoms with Crippen LogP contribution in [0.3, 0.4) is 0 Å². The minimum Gasteiger partial charge on any atom is -0.338 e. The average molecular weight is 419 g/mol. The molecule has 1 amide bonds. The Kier molecular flexibility index (Phi) is 5.54. The van der Waals surface area contributed by atoms with Crippen LogP contribution in [0.15, 0.2) is 46.1 Å². The summed E-state index contributed by atoms with van der Waals surface area (Å²) < 4.78 is 1.50. The third-order valence-electron chi connectivity index (χ3n) is 5.94. The van der Waals surface area contributed by atoms with Crippen LogP contribution in [0.1, 0.15) is 46.2 Å². The van der Waals surface area contributed by atoms with Crippen LogP contribution in [0.5, 0.6) is 0 Å². The van der Waals surface area contributed by atoms with Gasteiger partial charge >= 0.3 is 0 Å². The minimum absolute atomic E-state index is 0.0300. The highest BCUT2D eigenvalue weighted by atomic mass is 16.2. The van der Waals surface area contributed by atoms with E-state index in [1.807, 2.05) is 31.2 Å². The summed E-state index contributed by atoms with van der Waals surface area (Å²) in [5.41, 5.74) is 2.45. The van der Waals surface area contributed by atoms with Crippen molar-refractivity contribution in [3.63, 3.8) is 0 Å². The van der Waals surface area contributed by atoms with E-state index >= 15 is 0 Å². The number of likely N-dealkylation sites (tertiary alicyclic amines) is 1. The largest absolute Gasteiger partial charge is 0.338 e. The van der Waals surface area contributed by atoms with Crippen molar-refractivity contribution >= 4 is 5.91 Å². The molecule has 0 bridgehead atoms. The van der Waals surface area contributed by atoms with Crippen LogP contribution in [-0.4, -0.2) is 43.4 Å². The number of H-pyrrole nitrogens is 1. The summed E-state index contributed by atoms with van der Waals surface area (Å²) in [5, 5.41) is 0. The lowest BCUT2D eigenvalue weighted by atomic mass is 9.95. The number of piperidine rings is 1. The summed E-state index contributed by atoms with van der Waals surface area (Å²) in [6.45, 7) is 4.64. The van der Waals surface area contributed by atoms with Gasteiger partial charge in [-0.3, -0.25) is 19.4 Å². The second-order valence-corrected chi connectivity index (χ2v) is 8.01. The van der Waals surface area contributed by atoms with Gasteiger partial charge in [0.1, 0.15) is 11.4 Å². The Balaban J connectivity index is 1.53. The van der Waals surface area contributed by atoms with Crippen molar-refractivity contribution in [2.75, 3.05) is 13.1 Å². The van der Waals surface area contributed by atoms with E-state index in [9.17, 15) is 14.4 Å². The third-order valence-corrected chi connectivity index (χ3v) is 5.94. The molecule has 0 aliphatic carbocycles. The molecular weight excluding hydrogens is 394 g/mol. The predicted molar refractivity (Wildman–Crippen MR) is 117 cm³/mol. The molecule has 1 N–H and O–H groups in total. The topological polar surface area (TPSA) is 101 Å². The molecule has 3 aromatic heterocycles. The van der Waals surface area contributed by atoms with Crippen LogP contribution < -0.4 is 11.1 Å². The van der Waals surface area contributed by atoms with Gasteiger partial charge in [0.05, 0.1) is 11.4 Å². The van der Waals surface area contributed by atoms with Crippen LogP contribution >= 0.6 is 0 Å². The molecule has 0 atom stereocenters. The standard InChI is InChI=1S/C23H25N5O3/c1-14-12-15(2)27(3)22(30)20(14)23(31)28-10-7-16(8-11-28)21-25-18(13-19(29)26-21)17-6-4-5-9-24-17/h4-6,9,12-13,16H,7-8,10-11H2,1-3H3,(H,25,26,29). The molecule has 31 heavy (non-hydrogen) atoms. The van der Waals surface area contributed by atoms with Crippen molar-refractivity contribution in [1.82, 2.24) is 24.4 Å². The number of nitrogens with zero attached hydrogens (tertiary/aromatic N) is 4. The lowest BCUT2D eigenvalue weighted by Crippen LogP contribution is -2.42. The first-order chi connectivity index (χ1) is 14.8. The highest BCUT2D eigenvalue weighted by Crippen LogP contribution is 2.27. The van der Waals surface area contributed by atoms with E-state index in [4.69, 9.17) is 0 Å². The Labute approximate surface area is 179 Å². The second kappa shape index (κ2) is 8.29. The maximum Gasteiger partial charge on any atom is 0.263 e. The zero-order valence-electron chi connectivity index (χ0n) is 17.9. The molecule has 1 aliphatic heterocycles. The van der Waals surface area contributed by atoms with Crippen LogP contribution in [0, 0.1) is 13.8 Å². The van der Waals surface area contributed by atoms with E-state index < -0.39 is 0 Å². The Bertz CT molecular complexity index is 1240. The van der Waals surface area contributed by atoms with Crippen LogP contribution in [0.25, 0.3) is 11.4 Å². The van der Waals surface area contributed by atoms with Gasteiger partial charge < -0.3 is 14.5 Å². The SMILES string of the molecule is Cc1cc(C)n(C)c(=O)c1C(=O)N1CCC(c2nc(-c3ccccn3)cc(=O)[nH]2)CC1. The molecule has 4 heterocycles. The lowest BCUT2D eigenvalue weighted by molar-refractivity contribution is 0.0707. The highest BCUT2D eigenvalue weighted by molar-refractivity contribution is 5.95. The van der Waals surface area contributed by atoms with E-state index in [2.05, 4.69) is 15.0 Å². The summed E-state index contributed by atoms with van der Waals surface area (Å²) in [4.78, 5) is 51.4. The van der Waals surface area contributed by atoms with Gasteiger partial charge in [-0.15, -0.1) is 0 Å². The fourth-order valence-electron chi connectivity index (χ4n) is 4.07. The molecule has 8 nitrogen and oxygen atoms in total. The lowest BCUT2D eigenvalue weighted by Gasteiger charge is -2.32. The average Bonchev–Trinajstić information content (AvgIpc) is 2.78. The first kappa shape index (κ1) is 20.7. The van der Waals surface area contributed by atoms with Crippen LogP contribution in [0.2, 0.25) is 0 Å². The Morgan fingerprint density at radius 1 is 1.10 bits per heavy atom. The molecule has 0 saturated carbocycles. The van der Waals surface area contributed by atoms with Gasteiger partial charge in [0.15, 0.2) is 0 Å². The first-order valence-electron chi connectivity index (χ1n) is 10.3. The number of pyridine rings is 2. The van der Waals surface area contributed by atoms with Crippen LogP contribution in [0.4, 0.5) is 0 Å². The summed E-state index contributed by atoms with van der Waals surface area (Å²) in [6, 6.07) is 8.79. The predicted octanol–water partition coefficient (Wildman–Crippen LogP) is 2.17. The van der Waals surface area contributed by atoms with Crippen molar-refractivity contribution in [2.45, 2.75) is 32.6 Å². The normalized spacial score (nSPS) is 14.6. The van der Waals surface area contributed by atoms with Crippen LogP contribution in [-0.2, 0) is 7.05 Å². The number of aromatic amines is 1. The molecule has 1 aliphatic rings. The molecule has 8 heteroatoms. The number of hydrogen-bond acceptors (Lipinski definition) is 5. The molecule has 1 saturated heterocycles. The first-order valence-corrected chi connectivity index (χ1v) is 10.3. The molecule has 0 unspecified atom stereocenters. The number of amides is 1. The van der Waals surface area contributed by atoms with Crippen molar-refractivity contribution in [2.24, 2.45) is 7.05 Å². The Hall–Kier alpha value is -3.55. The maximum absolute atomic E-state index is 13.1. The fourth-order valence-corrected chi connectivity index (χ4v) is 4.07. The van der Waals surface area contributed by atoms with E-state index in [0.29, 0.717) is 48.7 Å². The summed E-state index contributed by atoms with van der Waals surface area (Å²) >= 11 is 0. The van der Waals surface area contributed by atoms with Gasteiger partial charge in [0.25, 0.3) is 17.0 Å². The van der Waals surface area contributed by atoms with Crippen molar-refractivity contribution in [1.29, 1.82) is 0 Å². The maximum atomic E-state index is 13.1. The molecule has 0 aromatic carbocycles. The molecular formula is C23H25N5O3. The monoisotopic (exact) mass is 419 g/mol. The molecule has 3 aromatic rings. The Morgan fingerprint density at radius 2 is 1.84 bits per heavy atom. The molecule has 0 spiro atoms. The van der Waals surface area contributed by atoms with Gasteiger partial charge in [-0.05, 0) is 50.5 Å². The van der Waals surface area contributed by atoms with Gasteiger partial charge in [-0.25, -0.2) is 4.98 Å². The number of hydrogen-bond donors (Lipinski definition) is 1. The fraction of sp³-hybridized carbons (Fsp3) is 0.348. The third kappa shape index (κ3) is 4.05. The van der Waals surface area contributed by atoms with Crippen molar-refractivity contribution in [3.05, 3.63) is 79.9 Å². The summed E-state index contributed by atoms with van der Waals surface area (Å²) in [5.74, 6) is 0.408. The zero-order chi connectivity index (χ0) is 22.1. The van der Waals surface area contributed by atoms with E-state index in [-0.39, 0.29) is 28.5 Å². The number of nitrogens with one attached hydrogen (secondary N) is 1. The molecule has 1 fully saturated rings. The van der Waals surface area contributed by atoms with Gasteiger partial charge in [-0.2, -0.15) is 0 Å².